The van der Waals surface area contributed by atoms with Gasteiger partial charge in [-0.2, -0.15) is 5.10 Å². The number of aromatic amines is 2. The molecule has 5 rings (SSSR count). The van der Waals surface area contributed by atoms with Crippen LogP contribution in [0.3, 0.4) is 0 Å². The van der Waals surface area contributed by atoms with Gasteiger partial charge >= 0.3 is 0 Å². The molecule has 178 valence electrons. The Kier molecular flexibility index (Phi) is 6.59. The van der Waals surface area contributed by atoms with Crippen molar-refractivity contribution in [3.8, 4) is 11.4 Å². The standard InChI is InChI=1S/C28H31N7/c1-4-25-24(27(35-34-25)26-15-21-6-5-9-31-28(21)33-26)12-18(2)22-14-23(17-30-16-22)32-19(3)13-20-7-10-29-11-8-20/h4-6,9,12,14-17,20,29,32,34H,2-3,7-8,10-11,13H2,1H3,(H,31,33)/b24-12+,25-4+. The van der Waals surface area contributed by atoms with Crippen molar-refractivity contribution in [2.24, 2.45) is 5.92 Å². The maximum Gasteiger partial charge on any atom is 0.137 e. The molecule has 1 aliphatic heterocycles. The number of H-pyrrole nitrogens is 2. The molecule has 0 unspecified atom stereocenters. The summed E-state index contributed by atoms with van der Waals surface area (Å²) in [6, 6.07) is 8.10. The number of hydrogen-bond acceptors (Lipinski definition) is 5. The summed E-state index contributed by atoms with van der Waals surface area (Å²) in [4.78, 5) is 12.2. The molecule has 0 radical (unpaired) electrons. The SMILES string of the molecule is C=C(CC1CCNCC1)Nc1cncc(C(=C)/C=c2/c(-c3cc4cccnc4[nH]3)n[nH]/c2=C/C)c1. The number of nitrogens with zero attached hydrogens (tertiary/aromatic N) is 3. The highest BCUT2D eigenvalue weighted by atomic mass is 15.1. The van der Waals surface area contributed by atoms with E-state index in [1.54, 1.807) is 6.20 Å². The highest BCUT2D eigenvalue weighted by Gasteiger charge is 2.14. The summed E-state index contributed by atoms with van der Waals surface area (Å²) in [5.41, 5.74) is 6.32. The van der Waals surface area contributed by atoms with Gasteiger partial charge in [0.15, 0.2) is 0 Å². The van der Waals surface area contributed by atoms with Crippen LogP contribution >= 0.6 is 0 Å². The van der Waals surface area contributed by atoms with Gasteiger partial charge in [-0.15, -0.1) is 0 Å². The fourth-order valence-electron chi connectivity index (χ4n) is 4.65. The third-order valence-corrected chi connectivity index (χ3v) is 6.51. The normalized spacial score (nSPS) is 15.6. The molecule has 1 fully saturated rings. The average Bonchev–Trinajstić information content (AvgIpc) is 3.48. The molecule has 4 aromatic heterocycles. The van der Waals surface area contributed by atoms with Gasteiger partial charge in [0.25, 0.3) is 0 Å². The van der Waals surface area contributed by atoms with Crippen LogP contribution in [0, 0.1) is 5.92 Å². The summed E-state index contributed by atoms with van der Waals surface area (Å²) in [7, 11) is 0. The zero-order valence-corrected chi connectivity index (χ0v) is 20.1. The molecule has 4 aromatic rings. The summed E-state index contributed by atoms with van der Waals surface area (Å²) in [5, 5.41) is 17.5. The lowest BCUT2D eigenvalue weighted by Crippen LogP contribution is -2.28. The largest absolute Gasteiger partial charge is 0.358 e. The van der Waals surface area contributed by atoms with E-state index in [-0.39, 0.29) is 0 Å². The van der Waals surface area contributed by atoms with Crippen LogP contribution in [0.4, 0.5) is 5.69 Å². The molecule has 0 aromatic carbocycles. The van der Waals surface area contributed by atoms with Gasteiger partial charge in [0.1, 0.15) is 11.3 Å². The Bertz CT molecular complexity index is 1450. The van der Waals surface area contributed by atoms with E-state index < -0.39 is 0 Å². The topological polar surface area (TPSA) is 94.3 Å². The van der Waals surface area contributed by atoms with Crippen molar-refractivity contribution in [3.05, 3.63) is 77.8 Å². The second-order valence-electron chi connectivity index (χ2n) is 9.07. The quantitative estimate of drug-likeness (QED) is 0.332. The molecule has 0 aliphatic carbocycles. The van der Waals surface area contributed by atoms with E-state index in [1.807, 2.05) is 37.5 Å². The monoisotopic (exact) mass is 465 g/mol. The fraction of sp³-hybridized carbons (Fsp3) is 0.250. The molecule has 1 saturated heterocycles. The molecule has 1 aliphatic rings. The lowest BCUT2D eigenvalue weighted by atomic mass is 9.93. The minimum atomic E-state index is 0.679. The van der Waals surface area contributed by atoms with Gasteiger partial charge in [-0.1, -0.05) is 19.2 Å². The summed E-state index contributed by atoms with van der Waals surface area (Å²) in [6.07, 6.45) is 12.9. The molecular formula is C28H31N7. The van der Waals surface area contributed by atoms with Gasteiger partial charge in [0, 0.05) is 34.3 Å². The van der Waals surface area contributed by atoms with Crippen molar-refractivity contribution in [3.63, 3.8) is 0 Å². The fourth-order valence-corrected chi connectivity index (χ4v) is 4.65. The average molecular weight is 466 g/mol. The molecule has 0 bridgehead atoms. The van der Waals surface area contributed by atoms with E-state index in [4.69, 9.17) is 0 Å². The lowest BCUT2D eigenvalue weighted by Gasteiger charge is -2.23. The van der Waals surface area contributed by atoms with Crippen LogP contribution in [-0.4, -0.2) is 38.2 Å². The zero-order chi connectivity index (χ0) is 24.2. The Hall–Kier alpha value is -3.97. The van der Waals surface area contributed by atoms with Crippen molar-refractivity contribution in [1.29, 1.82) is 0 Å². The first-order valence-electron chi connectivity index (χ1n) is 12.1. The Morgan fingerprint density at radius 3 is 2.86 bits per heavy atom. The van der Waals surface area contributed by atoms with Gasteiger partial charge in [-0.25, -0.2) is 4.98 Å². The van der Waals surface area contributed by atoms with Crippen LogP contribution in [-0.2, 0) is 0 Å². The van der Waals surface area contributed by atoms with E-state index >= 15 is 0 Å². The first-order chi connectivity index (χ1) is 17.1. The summed E-state index contributed by atoms with van der Waals surface area (Å²) in [6.45, 7) is 12.8. The number of fused-ring (bicyclic) bond motifs is 1. The maximum absolute atomic E-state index is 4.58. The minimum Gasteiger partial charge on any atom is -0.358 e. The number of pyridine rings is 2. The van der Waals surface area contributed by atoms with Crippen LogP contribution in [0.1, 0.15) is 31.7 Å². The molecule has 7 heteroatoms. The number of piperidine rings is 1. The van der Waals surface area contributed by atoms with E-state index in [0.29, 0.717) is 5.92 Å². The van der Waals surface area contributed by atoms with E-state index in [9.17, 15) is 0 Å². The maximum atomic E-state index is 4.58. The molecule has 0 atom stereocenters. The Morgan fingerprint density at radius 1 is 1.20 bits per heavy atom. The molecule has 0 spiro atoms. The number of anilines is 1. The lowest BCUT2D eigenvalue weighted by molar-refractivity contribution is 0.373. The van der Waals surface area contributed by atoms with Crippen molar-refractivity contribution in [2.75, 3.05) is 18.4 Å². The van der Waals surface area contributed by atoms with Crippen LogP contribution in [0.2, 0.25) is 0 Å². The number of hydrogen-bond donors (Lipinski definition) is 4. The van der Waals surface area contributed by atoms with Gasteiger partial charge in [0.05, 0.1) is 22.9 Å². The Labute approximate surface area is 204 Å². The number of nitrogens with one attached hydrogen (secondary N) is 4. The summed E-state index contributed by atoms with van der Waals surface area (Å²) in [5.74, 6) is 0.679. The van der Waals surface area contributed by atoms with Gasteiger partial charge in [-0.3, -0.25) is 10.1 Å². The van der Waals surface area contributed by atoms with E-state index in [1.165, 1.54) is 12.8 Å². The third kappa shape index (κ3) is 5.10. The molecule has 35 heavy (non-hydrogen) atoms. The molecule has 7 nitrogen and oxygen atoms in total. The molecule has 4 N–H and O–H groups in total. The van der Waals surface area contributed by atoms with Crippen molar-refractivity contribution >= 4 is 34.4 Å². The molecular weight excluding hydrogens is 434 g/mol. The first kappa shape index (κ1) is 22.8. The predicted molar refractivity (Wildman–Crippen MR) is 144 cm³/mol. The van der Waals surface area contributed by atoms with E-state index in [2.05, 4.69) is 67.1 Å². The summed E-state index contributed by atoms with van der Waals surface area (Å²) < 4.78 is 0. The Balaban J connectivity index is 1.40. The van der Waals surface area contributed by atoms with Crippen LogP contribution in [0.15, 0.2) is 61.7 Å². The number of rotatable bonds is 7. The van der Waals surface area contributed by atoms with Crippen LogP contribution < -0.4 is 21.2 Å². The van der Waals surface area contributed by atoms with Gasteiger partial charge < -0.3 is 15.6 Å². The summed E-state index contributed by atoms with van der Waals surface area (Å²) >= 11 is 0. The first-order valence-corrected chi connectivity index (χ1v) is 12.1. The molecule has 0 saturated carbocycles. The van der Waals surface area contributed by atoms with Crippen LogP contribution in [0.25, 0.3) is 40.1 Å². The second kappa shape index (κ2) is 10.1. The second-order valence-corrected chi connectivity index (χ2v) is 9.07. The number of allylic oxidation sites excluding steroid dienone is 2. The van der Waals surface area contributed by atoms with Gasteiger partial charge in [0.2, 0.25) is 0 Å². The van der Waals surface area contributed by atoms with Crippen molar-refractivity contribution in [2.45, 2.75) is 26.2 Å². The van der Waals surface area contributed by atoms with Crippen molar-refractivity contribution < 1.29 is 0 Å². The number of aromatic nitrogens is 5. The molecule has 5 heterocycles. The van der Waals surface area contributed by atoms with Crippen molar-refractivity contribution in [1.82, 2.24) is 30.5 Å². The third-order valence-electron chi connectivity index (χ3n) is 6.51. The highest BCUT2D eigenvalue weighted by Crippen LogP contribution is 2.23. The smallest absolute Gasteiger partial charge is 0.137 e. The van der Waals surface area contributed by atoms with E-state index in [0.717, 1.165) is 75.0 Å². The minimum absolute atomic E-state index is 0.679. The zero-order valence-electron chi connectivity index (χ0n) is 20.1. The molecule has 0 amide bonds. The highest BCUT2D eigenvalue weighted by molar-refractivity contribution is 5.89. The predicted octanol–water partition coefficient (Wildman–Crippen LogP) is 3.96. The Morgan fingerprint density at radius 2 is 2.06 bits per heavy atom. The van der Waals surface area contributed by atoms with Crippen LogP contribution in [0.5, 0.6) is 0 Å². The van der Waals surface area contributed by atoms with Gasteiger partial charge in [-0.05, 0) is 81.1 Å².